The molecule has 1 aromatic rings. The van der Waals surface area contributed by atoms with Crippen LogP contribution in [0, 0.1) is 5.92 Å². The van der Waals surface area contributed by atoms with Crippen molar-refractivity contribution in [3.8, 4) is 0 Å². The molecule has 0 aromatic heterocycles. The van der Waals surface area contributed by atoms with E-state index in [1.807, 2.05) is 13.1 Å². The molecule has 1 unspecified atom stereocenters. The van der Waals surface area contributed by atoms with E-state index in [-0.39, 0.29) is 5.91 Å². The second-order valence-corrected chi connectivity index (χ2v) is 5.18. The van der Waals surface area contributed by atoms with Crippen LogP contribution >= 0.6 is 0 Å². The molecule has 0 saturated carbocycles. The van der Waals surface area contributed by atoms with Gasteiger partial charge in [0.1, 0.15) is 0 Å². The van der Waals surface area contributed by atoms with Gasteiger partial charge in [0, 0.05) is 12.2 Å². The third-order valence-corrected chi connectivity index (χ3v) is 3.63. The van der Waals surface area contributed by atoms with E-state index in [0.29, 0.717) is 12.3 Å². The molecular formula is C15H23N3O. The van der Waals surface area contributed by atoms with Gasteiger partial charge in [-0.2, -0.15) is 0 Å². The van der Waals surface area contributed by atoms with Crippen molar-refractivity contribution in [3.63, 3.8) is 0 Å². The van der Waals surface area contributed by atoms with Crippen molar-refractivity contribution in [1.82, 2.24) is 10.6 Å². The first-order valence-corrected chi connectivity index (χ1v) is 7.00. The molecule has 0 bridgehead atoms. The molecule has 1 aliphatic rings. The quantitative estimate of drug-likeness (QED) is 0.697. The van der Waals surface area contributed by atoms with E-state index < -0.39 is 0 Å². The Bertz CT molecular complexity index is 445. The summed E-state index contributed by atoms with van der Waals surface area (Å²) in [4.78, 5) is 11.3. The van der Waals surface area contributed by atoms with Crippen LogP contribution in [0.4, 0.5) is 5.69 Å². The van der Waals surface area contributed by atoms with Gasteiger partial charge in [0.2, 0.25) is 5.91 Å². The lowest BCUT2D eigenvalue weighted by Crippen LogP contribution is -2.29. The maximum atomic E-state index is 11.3. The number of nitrogens with one attached hydrogen (secondary N) is 3. The minimum absolute atomic E-state index is 0.0974. The van der Waals surface area contributed by atoms with E-state index in [4.69, 9.17) is 0 Å². The standard InChI is InChI=1S/C15H23N3O/c1-3-11(8-16-2)9-17-10-12-4-5-14-13(6-12)7-15(19)18-14/h4-6,11,16-17H,3,7-10H2,1-2H3,(H,18,19). The molecule has 0 radical (unpaired) electrons. The largest absolute Gasteiger partial charge is 0.326 e. The van der Waals surface area contributed by atoms with Crippen molar-refractivity contribution in [2.24, 2.45) is 5.92 Å². The highest BCUT2D eigenvalue weighted by Gasteiger charge is 2.17. The fraction of sp³-hybridized carbons (Fsp3) is 0.533. The second-order valence-electron chi connectivity index (χ2n) is 5.18. The van der Waals surface area contributed by atoms with Gasteiger partial charge in [-0.1, -0.05) is 25.5 Å². The first-order valence-electron chi connectivity index (χ1n) is 7.00. The Morgan fingerprint density at radius 2 is 2.21 bits per heavy atom. The van der Waals surface area contributed by atoms with Gasteiger partial charge in [-0.3, -0.25) is 4.79 Å². The molecule has 0 saturated heterocycles. The first-order chi connectivity index (χ1) is 9.22. The van der Waals surface area contributed by atoms with Crippen LogP contribution in [0.25, 0.3) is 0 Å². The van der Waals surface area contributed by atoms with E-state index in [1.54, 1.807) is 0 Å². The molecule has 1 aromatic carbocycles. The summed E-state index contributed by atoms with van der Waals surface area (Å²) in [5.74, 6) is 0.767. The van der Waals surface area contributed by atoms with Gasteiger partial charge in [0.15, 0.2) is 0 Å². The van der Waals surface area contributed by atoms with Gasteiger partial charge in [-0.25, -0.2) is 0 Å². The van der Waals surface area contributed by atoms with Crippen molar-refractivity contribution >= 4 is 11.6 Å². The number of hydrogen-bond acceptors (Lipinski definition) is 3. The van der Waals surface area contributed by atoms with Crippen LogP contribution in [0.2, 0.25) is 0 Å². The van der Waals surface area contributed by atoms with E-state index in [1.165, 1.54) is 12.0 Å². The third-order valence-electron chi connectivity index (χ3n) is 3.63. The van der Waals surface area contributed by atoms with Crippen LogP contribution in [-0.4, -0.2) is 26.0 Å². The second kappa shape index (κ2) is 6.68. The van der Waals surface area contributed by atoms with Crippen LogP contribution in [0.15, 0.2) is 18.2 Å². The Hall–Kier alpha value is -1.39. The Kier molecular flexibility index (Phi) is 4.93. The third kappa shape index (κ3) is 3.78. The summed E-state index contributed by atoms with van der Waals surface area (Å²) in [6, 6.07) is 6.21. The Labute approximate surface area is 115 Å². The molecular weight excluding hydrogens is 238 g/mol. The lowest BCUT2D eigenvalue weighted by Gasteiger charge is -2.15. The number of carbonyl (C=O) groups excluding carboxylic acids is 1. The smallest absolute Gasteiger partial charge is 0.228 e. The van der Waals surface area contributed by atoms with Crippen molar-refractivity contribution < 1.29 is 4.79 Å². The summed E-state index contributed by atoms with van der Waals surface area (Å²) in [7, 11) is 1.99. The van der Waals surface area contributed by atoms with E-state index in [2.05, 4.69) is 35.0 Å². The predicted molar refractivity (Wildman–Crippen MR) is 78.2 cm³/mol. The normalized spacial score (nSPS) is 15.2. The molecule has 4 nitrogen and oxygen atoms in total. The van der Waals surface area contributed by atoms with Gasteiger partial charge >= 0.3 is 0 Å². The van der Waals surface area contributed by atoms with Crippen molar-refractivity contribution in [2.45, 2.75) is 26.3 Å². The molecule has 0 fully saturated rings. The van der Waals surface area contributed by atoms with Crippen LogP contribution < -0.4 is 16.0 Å². The minimum atomic E-state index is 0.0974. The maximum Gasteiger partial charge on any atom is 0.228 e. The van der Waals surface area contributed by atoms with Crippen LogP contribution in [0.1, 0.15) is 24.5 Å². The lowest BCUT2D eigenvalue weighted by atomic mass is 10.1. The molecule has 1 atom stereocenters. The zero-order valence-corrected chi connectivity index (χ0v) is 11.8. The monoisotopic (exact) mass is 261 g/mol. The average Bonchev–Trinajstić information content (AvgIpc) is 2.77. The van der Waals surface area contributed by atoms with Gasteiger partial charge in [0.25, 0.3) is 0 Å². The van der Waals surface area contributed by atoms with Crippen LogP contribution in [0.5, 0.6) is 0 Å². The molecule has 1 amide bonds. The van der Waals surface area contributed by atoms with Gasteiger partial charge < -0.3 is 16.0 Å². The average molecular weight is 261 g/mol. The Balaban J connectivity index is 1.84. The van der Waals surface area contributed by atoms with Crippen molar-refractivity contribution in [1.29, 1.82) is 0 Å². The Morgan fingerprint density at radius 1 is 1.37 bits per heavy atom. The molecule has 4 heteroatoms. The van der Waals surface area contributed by atoms with Gasteiger partial charge in [-0.05, 0) is 43.2 Å². The summed E-state index contributed by atoms with van der Waals surface area (Å²) in [5.41, 5.74) is 3.33. The molecule has 0 spiro atoms. The maximum absolute atomic E-state index is 11.3. The lowest BCUT2D eigenvalue weighted by molar-refractivity contribution is -0.115. The number of amides is 1. The fourth-order valence-corrected chi connectivity index (χ4v) is 2.46. The van der Waals surface area contributed by atoms with Crippen molar-refractivity contribution in [3.05, 3.63) is 29.3 Å². The van der Waals surface area contributed by atoms with Gasteiger partial charge in [0.05, 0.1) is 6.42 Å². The zero-order valence-electron chi connectivity index (χ0n) is 11.8. The highest BCUT2D eigenvalue weighted by molar-refractivity contribution is 5.99. The van der Waals surface area contributed by atoms with E-state index in [9.17, 15) is 4.79 Å². The molecule has 2 rings (SSSR count). The number of fused-ring (bicyclic) bond motifs is 1. The topological polar surface area (TPSA) is 53.2 Å². The number of hydrogen-bond donors (Lipinski definition) is 3. The number of benzene rings is 1. The SMILES string of the molecule is CCC(CNC)CNCc1ccc2c(c1)CC(=O)N2. The number of anilines is 1. The summed E-state index contributed by atoms with van der Waals surface area (Å²) in [5, 5.41) is 9.57. The Morgan fingerprint density at radius 3 is 2.95 bits per heavy atom. The van der Waals surface area contributed by atoms with Crippen molar-refractivity contribution in [2.75, 3.05) is 25.5 Å². The van der Waals surface area contributed by atoms with E-state index >= 15 is 0 Å². The molecule has 0 aliphatic carbocycles. The highest BCUT2D eigenvalue weighted by Crippen LogP contribution is 2.23. The summed E-state index contributed by atoms with van der Waals surface area (Å²) in [6.45, 7) is 5.15. The summed E-state index contributed by atoms with van der Waals surface area (Å²) >= 11 is 0. The summed E-state index contributed by atoms with van der Waals surface area (Å²) in [6.07, 6.45) is 1.69. The molecule has 1 heterocycles. The molecule has 19 heavy (non-hydrogen) atoms. The van der Waals surface area contributed by atoms with Gasteiger partial charge in [-0.15, -0.1) is 0 Å². The van der Waals surface area contributed by atoms with Crippen LogP contribution in [0.3, 0.4) is 0 Å². The number of carbonyl (C=O) groups is 1. The predicted octanol–water partition coefficient (Wildman–Crippen LogP) is 1.52. The first kappa shape index (κ1) is 14.0. The molecule has 104 valence electrons. The highest BCUT2D eigenvalue weighted by atomic mass is 16.1. The minimum Gasteiger partial charge on any atom is -0.326 e. The molecule has 3 N–H and O–H groups in total. The fourth-order valence-electron chi connectivity index (χ4n) is 2.46. The summed E-state index contributed by atoms with van der Waals surface area (Å²) < 4.78 is 0. The zero-order chi connectivity index (χ0) is 13.7. The number of rotatable bonds is 7. The molecule has 1 aliphatic heterocycles. The van der Waals surface area contributed by atoms with Crippen LogP contribution in [-0.2, 0) is 17.8 Å². The van der Waals surface area contributed by atoms with E-state index in [0.717, 1.165) is 30.9 Å².